The maximum Gasteiger partial charge on any atom is 0.325 e. The summed E-state index contributed by atoms with van der Waals surface area (Å²) in [7, 11) is 0. The van der Waals surface area contributed by atoms with E-state index < -0.39 is 47.9 Å². The van der Waals surface area contributed by atoms with Crippen molar-refractivity contribution in [2.24, 2.45) is 5.73 Å². The number of nitrogens with one attached hydrogen (secondary N) is 3. The maximum absolute atomic E-state index is 12.2. The first kappa shape index (κ1) is 23.5. The van der Waals surface area contributed by atoms with E-state index in [4.69, 9.17) is 10.8 Å². The molecule has 4 atom stereocenters. The molecule has 0 aromatic heterocycles. The molecular weight excluding hydrogens is 368 g/mol. The first-order chi connectivity index (χ1) is 11.6. The fourth-order valence-corrected chi connectivity index (χ4v) is 2.28. The van der Waals surface area contributed by atoms with Crippen molar-refractivity contribution in [2.45, 2.75) is 44.4 Å². The quantitative estimate of drug-likeness (QED) is 0.235. The first-order valence-electron chi connectivity index (χ1n) is 7.63. The van der Waals surface area contributed by atoms with E-state index in [1.54, 1.807) is 0 Å². The lowest BCUT2D eigenvalue weighted by Crippen LogP contribution is -2.56. The summed E-state index contributed by atoms with van der Waals surface area (Å²) in [5.41, 5.74) is 5.52. The van der Waals surface area contributed by atoms with Crippen LogP contribution in [0.15, 0.2) is 0 Å². The molecule has 0 aliphatic heterocycles. The second-order valence-corrected chi connectivity index (χ2v) is 6.78. The van der Waals surface area contributed by atoms with Crippen molar-refractivity contribution in [2.75, 3.05) is 17.8 Å². The van der Waals surface area contributed by atoms with Crippen molar-refractivity contribution in [1.82, 2.24) is 16.0 Å². The second kappa shape index (κ2) is 12.0. The lowest BCUT2D eigenvalue weighted by molar-refractivity contribution is -0.141. The van der Waals surface area contributed by atoms with Crippen LogP contribution in [0.5, 0.6) is 0 Å². The van der Waals surface area contributed by atoms with Gasteiger partial charge in [0.05, 0.1) is 6.04 Å². The third-order valence-corrected chi connectivity index (χ3v) is 4.30. The van der Waals surface area contributed by atoms with Gasteiger partial charge in [0.1, 0.15) is 18.1 Å². The van der Waals surface area contributed by atoms with Gasteiger partial charge in [-0.05, 0) is 32.3 Å². The van der Waals surface area contributed by atoms with Gasteiger partial charge >= 0.3 is 5.97 Å². The van der Waals surface area contributed by atoms with Crippen LogP contribution in [0.2, 0.25) is 0 Å². The number of carbonyl (C=O) groups is 4. The van der Waals surface area contributed by atoms with E-state index in [1.165, 1.54) is 25.6 Å². The summed E-state index contributed by atoms with van der Waals surface area (Å²) in [6.45, 7) is 2.79. The molecule has 0 radical (unpaired) electrons. The highest BCUT2D eigenvalue weighted by molar-refractivity contribution is 7.98. The summed E-state index contributed by atoms with van der Waals surface area (Å²) < 4.78 is 0. The average Bonchev–Trinajstić information content (AvgIpc) is 2.56. The van der Waals surface area contributed by atoms with Gasteiger partial charge in [-0.1, -0.05) is 0 Å². The second-order valence-electron chi connectivity index (χ2n) is 5.43. The molecule has 0 aromatic rings. The van der Waals surface area contributed by atoms with Crippen LogP contribution in [0.4, 0.5) is 0 Å². The van der Waals surface area contributed by atoms with E-state index in [9.17, 15) is 19.2 Å². The van der Waals surface area contributed by atoms with Crippen LogP contribution in [-0.4, -0.2) is 70.7 Å². The summed E-state index contributed by atoms with van der Waals surface area (Å²) in [4.78, 5) is 46.9. The van der Waals surface area contributed by atoms with Gasteiger partial charge in [0.15, 0.2) is 0 Å². The van der Waals surface area contributed by atoms with Gasteiger partial charge in [0.25, 0.3) is 0 Å². The molecule has 0 aromatic carbocycles. The van der Waals surface area contributed by atoms with Crippen LogP contribution in [0, 0.1) is 0 Å². The molecule has 0 heterocycles. The Bertz CT molecular complexity index is 492. The standard InChI is InChI=1S/C14H26N4O5S2/c1-7(16-12(20)9(15)6-24)11(19)18-10(4-5-25-3)13(21)17-8(2)14(22)23/h7-10,24H,4-6,15H2,1-3H3,(H,16,20)(H,17,21)(H,18,19)(H,22,23). The maximum atomic E-state index is 12.2. The number of carboxylic acids is 1. The molecule has 0 aliphatic rings. The van der Waals surface area contributed by atoms with Gasteiger partial charge in [-0.25, -0.2) is 0 Å². The van der Waals surface area contributed by atoms with E-state index in [-0.39, 0.29) is 5.75 Å². The molecule has 0 saturated heterocycles. The van der Waals surface area contributed by atoms with Crippen LogP contribution in [-0.2, 0) is 19.2 Å². The zero-order valence-corrected chi connectivity index (χ0v) is 16.2. The lowest BCUT2D eigenvalue weighted by Gasteiger charge is -2.22. The number of amides is 3. The number of hydrogen-bond acceptors (Lipinski definition) is 7. The number of rotatable bonds is 11. The predicted molar refractivity (Wildman–Crippen MR) is 99.6 cm³/mol. The number of thioether (sulfide) groups is 1. The van der Waals surface area contributed by atoms with E-state index >= 15 is 0 Å². The van der Waals surface area contributed by atoms with E-state index in [1.807, 2.05) is 6.26 Å². The summed E-state index contributed by atoms with van der Waals surface area (Å²) in [5, 5.41) is 16.1. The lowest BCUT2D eigenvalue weighted by atomic mass is 10.1. The zero-order valence-electron chi connectivity index (χ0n) is 14.4. The topological polar surface area (TPSA) is 151 Å². The van der Waals surface area contributed by atoms with E-state index in [0.29, 0.717) is 12.2 Å². The Morgan fingerprint density at radius 3 is 2.08 bits per heavy atom. The molecule has 3 amide bonds. The molecule has 25 heavy (non-hydrogen) atoms. The fourth-order valence-electron chi connectivity index (χ4n) is 1.65. The highest BCUT2D eigenvalue weighted by atomic mass is 32.2. The molecular formula is C14H26N4O5S2. The number of thiol groups is 1. The SMILES string of the molecule is CSCCC(NC(=O)C(C)NC(=O)C(N)CS)C(=O)NC(C)C(=O)O. The van der Waals surface area contributed by atoms with Gasteiger partial charge in [0, 0.05) is 5.75 Å². The van der Waals surface area contributed by atoms with Crippen LogP contribution in [0.1, 0.15) is 20.3 Å². The molecule has 0 aliphatic carbocycles. The average molecular weight is 395 g/mol. The van der Waals surface area contributed by atoms with Crippen molar-refractivity contribution >= 4 is 48.1 Å². The molecule has 0 rings (SSSR count). The van der Waals surface area contributed by atoms with Crippen molar-refractivity contribution in [1.29, 1.82) is 0 Å². The molecule has 0 saturated carbocycles. The Balaban J connectivity index is 4.82. The van der Waals surface area contributed by atoms with E-state index in [0.717, 1.165) is 0 Å². The molecule has 9 nitrogen and oxygen atoms in total. The van der Waals surface area contributed by atoms with Crippen molar-refractivity contribution in [3.8, 4) is 0 Å². The van der Waals surface area contributed by atoms with E-state index in [2.05, 4.69) is 28.6 Å². The van der Waals surface area contributed by atoms with Crippen molar-refractivity contribution < 1.29 is 24.3 Å². The Hall–Kier alpha value is -1.46. The van der Waals surface area contributed by atoms with Crippen molar-refractivity contribution in [3.05, 3.63) is 0 Å². The number of nitrogens with two attached hydrogens (primary N) is 1. The Kier molecular flexibility index (Phi) is 11.3. The van der Waals surface area contributed by atoms with Crippen LogP contribution in [0.3, 0.4) is 0 Å². The van der Waals surface area contributed by atoms with Crippen LogP contribution >= 0.6 is 24.4 Å². The molecule has 6 N–H and O–H groups in total. The highest BCUT2D eigenvalue weighted by Gasteiger charge is 2.26. The van der Waals surface area contributed by atoms with Crippen LogP contribution in [0.25, 0.3) is 0 Å². The minimum atomic E-state index is -1.18. The third kappa shape index (κ3) is 8.98. The molecule has 0 fully saturated rings. The van der Waals surface area contributed by atoms with Crippen LogP contribution < -0.4 is 21.7 Å². The van der Waals surface area contributed by atoms with Gasteiger partial charge in [-0.3, -0.25) is 19.2 Å². The fraction of sp³-hybridized carbons (Fsp3) is 0.714. The normalized spacial score (nSPS) is 15.4. The highest BCUT2D eigenvalue weighted by Crippen LogP contribution is 2.02. The summed E-state index contributed by atoms with van der Waals surface area (Å²) in [5.74, 6) is -2.14. The Labute approximate surface area is 156 Å². The number of hydrogen-bond donors (Lipinski definition) is 6. The molecule has 0 spiro atoms. The Morgan fingerprint density at radius 2 is 1.60 bits per heavy atom. The van der Waals surface area contributed by atoms with Gasteiger partial charge in [0.2, 0.25) is 17.7 Å². The smallest absolute Gasteiger partial charge is 0.325 e. The molecule has 11 heteroatoms. The summed E-state index contributed by atoms with van der Waals surface area (Å²) >= 11 is 5.39. The summed E-state index contributed by atoms with van der Waals surface area (Å²) in [6.07, 6.45) is 2.17. The minimum Gasteiger partial charge on any atom is -0.480 e. The van der Waals surface area contributed by atoms with Gasteiger partial charge < -0.3 is 26.8 Å². The predicted octanol–water partition coefficient (Wildman–Crippen LogP) is -1.42. The largest absolute Gasteiger partial charge is 0.480 e. The first-order valence-corrected chi connectivity index (χ1v) is 9.65. The van der Waals surface area contributed by atoms with Gasteiger partial charge in [-0.2, -0.15) is 24.4 Å². The number of aliphatic carboxylic acids is 1. The molecule has 144 valence electrons. The third-order valence-electron chi connectivity index (χ3n) is 3.26. The molecule has 0 bridgehead atoms. The summed E-state index contributed by atoms with van der Waals surface area (Å²) in [6, 6.07) is -3.73. The zero-order chi connectivity index (χ0) is 19.6. The minimum absolute atomic E-state index is 0.131. The monoisotopic (exact) mass is 394 g/mol. The number of carboxylic acid groups (broad SMARTS) is 1. The Morgan fingerprint density at radius 1 is 1.04 bits per heavy atom. The van der Waals surface area contributed by atoms with Crippen molar-refractivity contribution in [3.63, 3.8) is 0 Å². The van der Waals surface area contributed by atoms with Gasteiger partial charge in [-0.15, -0.1) is 0 Å². The molecule has 4 unspecified atom stereocenters. The number of carbonyl (C=O) groups excluding carboxylic acids is 3.